The molecular weight excluding hydrogens is 583 g/mol. The number of rotatable bonds is 5. The van der Waals surface area contributed by atoms with E-state index >= 15 is 4.57 Å². The fourth-order valence-corrected chi connectivity index (χ4v) is 10.7. The van der Waals surface area contributed by atoms with Gasteiger partial charge in [0, 0.05) is 38.9 Å². The van der Waals surface area contributed by atoms with Gasteiger partial charge < -0.3 is 9.30 Å². The van der Waals surface area contributed by atoms with E-state index in [1.807, 2.05) is 97.2 Å². The van der Waals surface area contributed by atoms with E-state index in [9.17, 15) is 0 Å². The van der Waals surface area contributed by atoms with Crippen molar-refractivity contribution >= 4 is 44.9 Å². The Balaban J connectivity index is 1.18. The van der Waals surface area contributed by atoms with Crippen molar-refractivity contribution in [2.75, 3.05) is 0 Å². The largest absolute Gasteiger partial charge is 0.457 e. The van der Waals surface area contributed by atoms with Crippen LogP contribution < -0.4 is 20.7 Å². The number of para-hydroxylation sites is 1. The Labute approximate surface area is 268 Å². The van der Waals surface area contributed by atoms with Gasteiger partial charge in [-0.2, -0.15) is 0 Å². The molecule has 1 aliphatic carbocycles. The van der Waals surface area contributed by atoms with Crippen LogP contribution in [-0.2, 0) is 4.57 Å². The first-order chi connectivity index (χ1) is 22.7. The van der Waals surface area contributed by atoms with Crippen LogP contribution in [0.1, 0.15) is 48.6 Å². The summed E-state index contributed by atoms with van der Waals surface area (Å²) in [6.07, 6.45) is 6.86. The average molecular weight is 617 g/mol. The average Bonchev–Trinajstić information content (AvgIpc) is 3.39. The molecule has 1 aliphatic heterocycles. The highest BCUT2D eigenvalue weighted by atomic mass is 31.2. The Morgan fingerprint density at radius 2 is 1.26 bits per heavy atom. The van der Waals surface area contributed by atoms with E-state index in [4.69, 9.17) is 9.72 Å². The van der Waals surface area contributed by atoms with Crippen LogP contribution in [-0.4, -0.2) is 9.55 Å². The summed E-state index contributed by atoms with van der Waals surface area (Å²) < 4.78 is 24.0. The molecule has 5 heteroatoms. The van der Waals surface area contributed by atoms with Crippen LogP contribution >= 0.6 is 7.14 Å². The fourth-order valence-electron chi connectivity index (χ4n) is 8.02. The SMILES string of the molecule is O=P(c1ccccc1)(c1ccccc1)c1cccc(Oc2ccc3c4cccc5c4n(c3c2)-c2ncccc2C2CCCCC52)c1. The molecule has 4 nitrogen and oxygen atoms in total. The molecule has 0 spiro atoms. The maximum atomic E-state index is 15.0. The molecule has 0 radical (unpaired) electrons. The van der Waals surface area contributed by atoms with E-state index in [0.717, 1.165) is 33.0 Å². The second-order valence-electron chi connectivity index (χ2n) is 12.6. The lowest BCUT2D eigenvalue weighted by atomic mass is 9.72. The van der Waals surface area contributed by atoms with Gasteiger partial charge in [-0.15, -0.1) is 0 Å². The Bertz CT molecular complexity index is 2250. The van der Waals surface area contributed by atoms with Crippen molar-refractivity contribution in [3.05, 3.63) is 151 Å². The van der Waals surface area contributed by atoms with E-state index in [1.165, 1.54) is 53.1 Å². The molecular formula is C41H33N2O2P. The zero-order chi connectivity index (χ0) is 30.7. The van der Waals surface area contributed by atoms with Crippen LogP contribution in [0.25, 0.3) is 27.6 Å². The smallest absolute Gasteiger partial charge is 0.171 e. The number of benzene rings is 5. The van der Waals surface area contributed by atoms with Gasteiger partial charge in [-0.1, -0.05) is 110 Å². The number of aromatic nitrogens is 2. The Kier molecular flexibility index (Phi) is 6.47. The molecule has 46 heavy (non-hydrogen) atoms. The predicted octanol–water partition coefficient (Wildman–Crippen LogP) is 9.37. The minimum atomic E-state index is -3.12. The Hall–Kier alpha value is -4.92. The molecule has 2 aliphatic rings. The lowest BCUT2D eigenvalue weighted by Crippen LogP contribution is -2.24. The minimum Gasteiger partial charge on any atom is -0.457 e. The summed E-state index contributed by atoms with van der Waals surface area (Å²) >= 11 is 0. The molecule has 1 fully saturated rings. The van der Waals surface area contributed by atoms with Crippen molar-refractivity contribution in [2.45, 2.75) is 37.5 Å². The van der Waals surface area contributed by atoms with Gasteiger partial charge in [-0.05, 0) is 66.1 Å². The topological polar surface area (TPSA) is 44.1 Å². The first-order valence-corrected chi connectivity index (χ1v) is 17.9. The molecule has 224 valence electrons. The van der Waals surface area contributed by atoms with Crippen LogP contribution in [0, 0.1) is 0 Å². The molecule has 0 saturated heterocycles. The van der Waals surface area contributed by atoms with E-state index in [1.54, 1.807) is 0 Å². The third kappa shape index (κ3) is 4.21. The normalized spacial score (nSPS) is 17.3. The van der Waals surface area contributed by atoms with Gasteiger partial charge in [0.2, 0.25) is 0 Å². The third-order valence-corrected chi connectivity index (χ3v) is 13.1. The van der Waals surface area contributed by atoms with Crippen molar-refractivity contribution in [3.63, 3.8) is 0 Å². The van der Waals surface area contributed by atoms with Crippen molar-refractivity contribution < 1.29 is 9.30 Å². The van der Waals surface area contributed by atoms with Crippen molar-refractivity contribution in [1.82, 2.24) is 9.55 Å². The summed E-state index contributed by atoms with van der Waals surface area (Å²) in [5.41, 5.74) is 5.15. The summed E-state index contributed by atoms with van der Waals surface area (Å²) in [6.45, 7) is 0. The Morgan fingerprint density at radius 3 is 2.02 bits per heavy atom. The second kappa shape index (κ2) is 10.9. The minimum absolute atomic E-state index is 0.477. The highest BCUT2D eigenvalue weighted by Crippen LogP contribution is 2.51. The van der Waals surface area contributed by atoms with Crippen LogP contribution in [0.4, 0.5) is 0 Å². The van der Waals surface area contributed by atoms with Crippen LogP contribution in [0.2, 0.25) is 0 Å². The zero-order valence-corrected chi connectivity index (χ0v) is 26.3. The number of nitrogens with zero attached hydrogens (tertiary/aromatic N) is 2. The second-order valence-corrected chi connectivity index (χ2v) is 15.3. The van der Waals surface area contributed by atoms with E-state index < -0.39 is 7.14 Å². The summed E-state index contributed by atoms with van der Waals surface area (Å²) in [6, 6.07) is 44.9. The molecule has 0 amide bonds. The lowest BCUT2D eigenvalue weighted by Gasteiger charge is -2.31. The van der Waals surface area contributed by atoms with Gasteiger partial charge in [-0.25, -0.2) is 4.98 Å². The van der Waals surface area contributed by atoms with Crippen LogP contribution in [0.15, 0.2) is 140 Å². The summed E-state index contributed by atoms with van der Waals surface area (Å²) in [4.78, 5) is 5.02. The molecule has 9 rings (SSSR count). The monoisotopic (exact) mass is 616 g/mol. The molecule has 5 aromatic carbocycles. The lowest BCUT2D eigenvalue weighted by molar-refractivity contribution is 0.389. The van der Waals surface area contributed by atoms with Crippen LogP contribution in [0.3, 0.4) is 0 Å². The van der Waals surface area contributed by atoms with Crippen molar-refractivity contribution in [3.8, 4) is 17.3 Å². The van der Waals surface area contributed by atoms with Gasteiger partial charge >= 0.3 is 0 Å². The summed E-state index contributed by atoms with van der Waals surface area (Å²) in [5, 5.41) is 4.81. The summed E-state index contributed by atoms with van der Waals surface area (Å²) in [7, 11) is -3.12. The number of fused-ring (bicyclic) bond motifs is 8. The van der Waals surface area contributed by atoms with E-state index in [-0.39, 0.29) is 0 Å². The zero-order valence-electron chi connectivity index (χ0n) is 25.4. The van der Waals surface area contributed by atoms with Crippen molar-refractivity contribution in [2.24, 2.45) is 0 Å². The van der Waals surface area contributed by atoms with E-state index in [2.05, 4.69) is 47.0 Å². The maximum Gasteiger partial charge on any atom is 0.171 e. The first-order valence-electron chi connectivity index (χ1n) is 16.2. The predicted molar refractivity (Wildman–Crippen MR) is 188 cm³/mol. The molecule has 2 aromatic heterocycles. The molecule has 2 unspecified atom stereocenters. The van der Waals surface area contributed by atoms with Gasteiger partial charge in [0.05, 0.1) is 11.0 Å². The molecule has 0 N–H and O–H groups in total. The molecule has 7 aromatic rings. The number of ether oxygens (including phenoxy) is 1. The molecule has 1 saturated carbocycles. The van der Waals surface area contributed by atoms with Gasteiger partial charge in [0.1, 0.15) is 17.3 Å². The molecule has 2 atom stereocenters. The number of hydrogen-bond acceptors (Lipinski definition) is 3. The molecule has 0 bridgehead atoms. The third-order valence-electron chi connectivity index (χ3n) is 10.0. The first kappa shape index (κ1) is 27.4. The quantitative estimate of drug-likeness (QED) is 0.181. The summed E-state index contributed by atoms with van der Waals surface area (Å²) in [5.74, 6) is 3.40. The van der Waals surface area contributed by atoms with Crippen molar-refractivity contribution in [1.29, 1.82) is 0 Å². The standard InChI is InChI=1S/C41H33N2O2P/c44-46(30-13-3-1-4-14-30,31-15-5-2-6-16-31)32-17-9-12-28(26-32)45-29-23-24-35-37-21-10-20-36-33-18-7-8-19-34(33)38-22-11-25-42-41(38)43(40(36)37)39(35)27-29/h1-6,9-17,20-27,33-34H,7-8,18-19H2. The Morgan fingerprint density at radius 1 is 0.609 bits per heavy atom. The maximum absolute atomic E-state index is 15.0. The van der Waals surface area contributed by atoms with Crippen LogP contribution in [0.5, 0.6) is 11.5 Å². The van der Waals surface area contributed by atoms with Gasteiger partial charge in [0.25, 0.3) is 0 Å². The molecule has 3 heterocycles. The fraction of sp³-hybridized carbons (Fsp3) is 0.146. The van der Waals surface area contributed by atoms with E-state index in [0.29, 0.717) is 17.6 Å². The highest BCUT2D eigenvalue weighted by Gasteiger charge is 2.36. The highest BCUT2D eigenvalue weighted by molar-refractivity contribution is 7.85. The van der Waals surface area contributed by atoms with Gasteiger partial charge in [-0.3, -0.25) is 4.57 Å². The number of pyridine rings is 1. The van der Waals surface area contributed by atoms with Gasteiger partial charge in [0.15, 0.2) is 7.14 Å². The number of hydrogen-bond donors (Lipinski definition) is 0.